The van der Waals surface area contributed by atoms with Crippen LogP contribution in [0, 0.1) is 17.7 Å². The molecule has 2 aromatic carbocycles. The van der Waals surface area contributed by atoms with E-state index in [2.05, 4.69) is 6.07 Å². The summed E-state index contributed by atoms with van der Waals surface area (Å²) in [5, 5.41) is 0. The molecule has 2 aromatic rings. The lowest BCUT2D eigenvalue weighted by molar-refractivity contribution is -0.117. The quantitative estimate of drug-likeness (QED) is 0.809. The van der Waals surface area contributed by atoms with Gasteiger partial charge >= 0.3 is 0 Å². The Hall–Kier alpha value is -2.03. The topological polar surface area (TPSA) is 17.1 Å². The van der Waals surface area contributed by atoms with Gasteiger partial charge in [-0.3, -0.25) is 4.79 Å². The normalized spacial score (nSPS) is 12.2. The summed E-state index contributed by atoms with van der Waals surface area (Å²) in [7, 11) is 0. The average molecular weight is 245 g/mol. The molecule has 0 aliphatic heterocycles. The van der Waals surface area contributed by atoms with Crippen LogP contribution in [0.15, 0.2) is 42.5 Å². The highest BCUT2D eigenvalue weighted by molar-refractivity contribution is 5.86. The van der Waals surface area contributed by atoms with Crippen molar-refractivity contribution in [3.05, 3.63) is 71.3 Å². The van der Waals surface area contributed by atoms with Crippen LogP contribution in [0.5, 0.6) is 0 Å². The minimum absolute atomic E-state index is 0.161. The molecule has 0 heterocycles. The van der Waals surface area contributed by atoms with Crippen molar-refractivity contribution in [2.24, 2.45) is 0 Å². The monoisotopic (exact) mass is 245 g/mol. The van der Waals surface area contributed by atoms with E-state index in [0.717, 1.165) is 6.07 Å². The first-order valence-electron chi connectivity index (χ1n) is 5.50. The zero-order valence-electron chi connectivity index (χ0n) is 9.78. The average Bonchev–Trinajstić information content (AvgIpc) is 2.28. The van der Waals surface area contributed by atoms with Gasteiger partial charge in [-0.1, -0.05) is 24.3 Å². The zero-order chi connectivity index (χ0) is 13.1. The summed E-state index contributed by atoms with van der Waals surface area (Å²) in [4.78, 5) is 11.7. The number of carbonyl (C=O) groups is 1. The van der Waals surface area contributed by atoms with Crippen molar-refractivity contribution >= 4 is 5.78 Å². The summed E-state index contributed by atoms with van der Waals surface area (Å²) in [5.74, 6) is -2.17. The van der Waals surface area contributed by atoms with Crippen molar-refractivity contribution in [1.29, 1.82) is 0 Å². The van der Waals surface area contributed by atoms with Crippen LogP contribution in [0.2, 0.25) is 0 Å². The van der Waals surface area contributed by atoms with Crippen molar-refractivity contribution in [2.45, 2.75) is 12.8 Å². The Labute approximate surface area is 104 Å². The van der Waals surface area contributed by atoms with Crippen LogP contribution in [0.1, 0.15) is 24.0 Å². The van der Waals surface area contributed by atoms with Crippen LogP contribution in [0.3, 0.4) is 0 Å². The van der Waals surface area contributed by atoms with Crippen molar-refractivity contribution in [3.63, 3.8) is 0 Å². The minimum atomic E-state index is -0.682. The lowest BCUT2D eigenvalue weighted by atomic mass is 9.88. The van der Waals surface area contributed by atoms with Gasteiger partial charge in [-0.05, 0) is 36.2 Å². The molecule has 1 unspecified atom stereocenters. The predicted octanol–water partition coefficient (Wildman–Crippen LogP) is 3.49. The number of Topliss-reactive ketones (excluding diaryl/α,β-unsaturated/α-hetero) is 1. The standard InChI is InChI=1S/C15H11F2O/c1-10(18)15(11-5-3-2-4-6-11)12-7-13(16)9-14(17)8-12/h3-9,15H,1H3. The SMILES string of the molecule is CC(=O)C(c1cc[c]cc1)c1cc(F)cc(F)c1. The maximum absolute atomic E-state index is 13.2. The maximum atomic E-state index is 13.2. The van der Waals surface area contributed by atoms with E-state index < -0.39 is 17.6 Å². The molecule has 0 saturated heterocycles. The van der Waals surface area contributed by atoms with E-state index in [1.54, 1.807) is 24.3 Å². The van der Waals surface area contributed by atoms with Crippen molar-refractivity contribution in [3.8, 4) is 0 Å². The number of halogens is 2. The molecule has 0 saturated carbocycles. The molecule has 0 bridgehead atoms. The third-order valence-corrected chi connectivity index (χ3v) is 2.70. The van der Waals surface area contributed by atoms with Crippen molar-refractivity contribution < 1.29 is 13.6 Å². The van der Waals surface area contributed by atoms with E-state index in [1.165, 1.54) is 19.1 Å². The molecule has 91 valence electrons. The first kappa shape index (κ1) is 12.4. The zero-order valence-corrected chi connectivity index (χ0v) is 9.78. The van der Waals surface area contributed by atoms with Gasteiger partial charge < -0.3 is 0 Å². The second-order valence-corrected chi connectivity index (χ2v) is 4.08. The van der Waals surface area contributed by atoms with E-state index in [9.17, 15) is 13.6 Å². The van der Waals surface area contributed by atoms with Gasteiger partial charge in [-0.15, -0.1) is 0 Å². The molecule has 1 nitrogen and oxygen atoms in total. The van der Waals surface area contributed by atoms with Crippen LogP contribution in [0.4, 0.5) is 8.78 Å². The molecule has 0 aliphatic rings. The van der Waals surface area contributed by atoms with Gasteiger partial charge in [0.25, 0.3) is 0 Å². The summed E-state index contributed by atoms with van der Waals surface area (Å²) < 4.78 is 26.4. The molecule has 1 radical (unpaired) electrons. The Morgan fingerprint density at radius 2 is 1.61 bits per heavy atom. The van der Waals surface area contributed by atoms with Crippen molar-refractivity contribution in [2.75, 3.05) is 0 Å². The lowest BCUT2D eigenvalue weighted by Gasteiger charge is -2.14. The van der Waals surface area contributed by atoms with E-state index in [4.69, 9.17) is 0 Å². The Kier molecular flexibility index (Phi) is 3.51. The number of benzene rings is 2. The van der Waals surface area contributed by atoms with Gasteiger partial charge in [0.2, 0.25) is 0 Å². The van der Waals surface area contributed by atoms with Gasteiger partial charge in [0.05, 0.1) is 5.92 Å². The van der Waals surface area contributed by atoms with E-state index in [1.807, 2.05) is 0 Å². The molecule has 0 amide bonds. The number of hydrogen-bond acceptors (Lipinski definition) is 1. The molecular formula is C15H11F2O. The molecule has 2 rings (SSSR count). The van der Waals surface area contributed by atoms with Crippen LogP contribution in [-0.4, -0.2) is 5.78 Å². The Balaban J connectivity index is 2.52. The molecule has 0 aromatic heterocycles. The summed E-state index contributed by atoms with van der Waals surface area (Å²) in [6.45, 7) is 1.41. The minimum Gasteiger partial charge on any atom is -0.299 e. The predicted molar refractivity (Wildman–Crippen MR) is 64.2 cm³/mol. The van der Waals surface area contributed by atoms with Crippen LogP contribution >= 0.6 is 0 Å². The second-order valence-electron chi connectivity index (χ2n) is 4.08. The molecule has 0 N–H and O–H groups in total. The molecule has 0 fully saturated rings. The third kappa shape index (κ3) is 2.62. The van der Waals surface area contributed by atoms with E-state index in [-0.39, 0.29) is 5.78 Å². The number of ketones is 1. The summed E-state index contributed by atoms with van der Waals surface area (Å²) in [6.07, 6.45) is 0. The fourth-order valence-corrected chi connectivity index (χ4v) is 2.00. The van der Waals surface area contributed by atoms with Gasteiger partial charge in [-0.2, -0.15) is 0 Å². The number of rotatable bonds is 3. The number of hydrogen-bond donors (Lipinski definition) is 0. The van der Waals surface area contributed by atoms with Crippen LogP contribution in [0.25, 0.3) is 0 Å². The molecule has 3 heteroatoms. The van der Waals surface area contributed by atoms with Crippen molar-refractivity contribution in [1.82, 2.24) is 0 Å². The fraction of sp³-hybridized carbons (Fsp3) is 0.133. The van der Waals surface area contributed by atoms with E-state index >= 15 is 0 Å². The van der Waals surface area contributed by atoms with Gasteiger partial charge in [0.15, 0.2) is 0 Å². The summed E-state index contributed by atoms with van der Waals surface area (Å²) >= 11 is 0. The summed E-state index contributed by atoms with van der Waals surface area (Å²) in [6, 6.07) is 12.8. The first-order chi connectivity index (χ1) is 8.58. The second kappa shape index (κ2) is 5.08. The molecule has 0 spiro atoms. The van der Waals surface area contributed by atoms with Gasteiger partial charge in [0.1, 0.15) is 17.4 Å². The molecule has 18 heavy (non-hydrogen) atoms. The van der Waals surface area contributed by atoms with Gasteiger partial charge in [0, 0.05) is 6.07 Å². The lowest BCUT2D eigenvalue weighted by Crippen LogP contribution is -2.11. The Bertz CT molecular complexity index is 544. The largest absolute Gasteiger partial charge is 0.299 e. The molecule has 1 atom stereocenters. The third-order valence-electron chi connectivity index (χ3n) is 2.70. The van der Waals surface area contributed by atoms with Gasteiger partial charge in [-0.25, -0.2) is 8.78 Å². The smallest absolute Gasteiger partial charge is 0.141 e. The van der Waals surface area contributed by atoms with Crippen LogP contribution < -0.4 is 0 Å². The highest BCUT2D eigenvalue weighted by Crippen LogP contribution is 2.26. The highest BCUT2D eigenvalue weighted by Gasteiger charge is 2.20. The fourth-order valence-electron chi connectivity index (χ4n) is 2.00. The first-order valence-corrected chi connectivity index (χ1v) is 5.50. The molecular weight excluding hydrogens is 234 g/mol. The number of carbonyl (C=O) groups excluding carboxylic acids is 1. The summed E-state index contributed by atoms with van der Waals surface area (Å²) in [5.41, 5.74) is 1.03. The van der Waals surface area contributed by atoms with E-state index in [0.29, 0.717) is 11.1 Å². The molecule has 0 aliphatic carbocycles. The maximum Gasteiger partial charge on any atom is 0.141 e. The van der Waals surface area contributed by atoms with Crippen LogP contribution in [-0.2, 0) is 4.79 Å². The highest BCUT2D eigenvalue weighted by atomic mass is 19.1. The Morgan fingerprint density at radius 1 is 1.06 bits per heavy atom. The Morgan fingerprint density at radius 3 is 2.11 bits per heavy atom.